The zero-order valence-corrected chi connectivity index (χ0v) is 15.3. The van der Waals surface area contributed by atoms with Crippen LogP contribution in [0.25, 0.3) is 5.69 Å². The Morgan fingerprint density at radius 3 is 2.67 bits per heavy atom. The monoisotopic (exact) mass is 377 g/mol. The summed E-state index contributed by atoms with van der Waals surface area (Å²) < 4.78 is 4.71. The molecule has 0 radical (unpaired) electrons. The van der Waals surface area contributed by atoms with Gasteiger partial charge in [-0.15, -0.1) is 17.9 Å². The normalized spacial score (nSPS) is 11.1. The number of rotatable bonds is 7. The summed E-state index contributed by atoms with van der Waals surface area (Å²) in [6.45, 7) is 5.83. The molecule has 0 aliphatic carbocycles. The lowest BCUT2D eigenvalue weighted by atomic mass is 10.3. The zero-order chi connectivity index (χ0) is 16.9. The van der Waals surface area contributed by atoms with Crippen LogP contribution in [-0.2, 0) is 13.2 Å². The Labute approximate surface area is 154 Å². The number of benzene rings is 1. The number of aromatic nitrogens is 4. The van der Waals surface area contributed by atoms with Crippen molar-refractivity contribution in [3.63, 3.8) is 0 Å². The standard InChI is InChI=1S/C16H16ClN5S2/c1-2-10-20(11-14-8-9-15(17)24-14)12-21-16(23)22(19-18-21)13-6-4-3-5-7-13/h2-9H,1,10-12H2. The van der Waals surface area contributed by atoms with E-state index in [1.807, 2.05) is 48.5 Å². The number of hydrogen-bond donors (Lipinski definition) is 0. The number of para-hydroxylation sites is 1. The molecule has 0 spiro atoms. The van der Waals surface area contributed by atoms with E-state index in [1.54, 1.807) is 20.7 Å². The van der Waals surface area contributed by atoms with Crippen molar-refractivity contribution in [2.24, 2.45) is 0 Å². The Hall–Kier alpha value is -1.80. The van der Waals surface area contributed by atoms with Crippen molar-refractivity contribution >= 4 is 35.2 Å². The van der Waals surface area contributed by atoms with E-state index in [1.165, 1.54) is 4.88 Å². The SMILES string of the molecule is C=CCN(Cc1ccc(Cl)s1)Cn1nnn(-c2ccccc2)c1=S. The summed E-state index contributed by atoms with van der Waals surface area (Å²) in [7, 11) is 0. The van der Waals surface area contributed by atoms with Gasteiger partial charge in [-0.1, -0.05) is 35.9 Å². The first-order valence-electron chi connectivity index (χ1n) is 7.33. The largest absolute Gasteiger partial charge is 0.275 e. The second kappa shape index (κ2) is 7.85. The molecule has 0 fully saturated rings. The molecule has 0 bridgehead atoms. The first-order valence-corrected chi connectivity index (χ1v) is 8.93. The molecule has 0 aliphatic rings. The molecule has 0 amide bonds. The highest BCUT2D eigenvalue weighted by molar-refractivity contribution is 7.71. The highest BCUT2D eigenvalue weighted by Crippen LogP contribution is 2.22. The molecule has 124 valence electrons. The van der Waals surface area contributed by atoms with E-state index in [9.17, 15) is 0 Å². The summed E-state index contributed by atoms with van der Waals surface area (Å²) in [5, 5.41) is 8.35. The van der Waals surface area contributed by atoms with Crippen LogP contribution < -0.4 is 0 Å². The van der Waals surface area contributed by atoms with Crippen LogP contribution in [0.3, 0.4) is 0 Å². The fraction of sp³-hybridized carbons (Fsp3) is 0.188. The number of tetrazole rings is 1. The van der Waals surface area contributed by atoms with Crippen molar-refractivity contribution < 1.29 is 0 Å². The average molecular weight is 378 g/mol. The van der Waals surface area contributed by atoms with Gasteiger partial charge in [-0.3, -0.25) is 4.90 Å². The van der Waals surface area contributed by atoms with Gasteiger partial charge in [0.25, 0.3) is 0 Å². The third kappa shape index (κ3) is 3.99. The maximum absolute atomic E-state index is 6.01. The molecule has 0 aliphatic heterocycles. The minimum Gasteiger partial charge on any atom is -0.275 e. The Morgan fingerprint density at radius 2 is 2.00 bits per heavy atom. The third-order valence-electron chi connectivity index (χ3n) is 3.37. The van der Waals surface area contributed by atoms with E-state index in [2.05, 4.69) is 21.9 Å². The van der Waals surface area contributed by atoms with Crippen molar-refractivity contribution in [3.8, 4) is 5.69 Å². The molecule has 0 saturated carbocycles. The molecule has 1 aromatic carbocycles. The smallest absolute Gasteiger partial charge is 0.221 e. The molecular weight excluding hydrogens is 362 g/mol. The Balaban J connectivity index is 1.79. The van der Waals surface area contributed by atoms with Gasteiger partial charge in [0, 0.05) is 18.0 Å². The van der Waals surface area contributed by atoms with Gasteiger partial charge in [-0.05, 0) is 46.9 Å². The Kier molecular flexibility index (Phi) is 5.57. The third-order valence-corrected chi connectivity index (χ3v) is 4.97. The van der Waals surface area contributed by atoms with Crippen LogP contribution in [0.5, 0.6) is 0 Å². The first-order chi connectivity index (χ1) is 11.7. The maximum atomic E-state index is 6.01. The van der Waals surface area contributed by atoms with E-state index < -0.39 is 0 Å². The molecule has 0 unspecified atom stereocenters. The number of nitrogens with zero attached hydrogens (tertiary/aromatic N) is 5. The fourth-order valence-corrected chi connectivity index (χ4v) is 3.66. The Bertz CT molecular complexity index is 868. The van der Waals surface area contributed by atoms with Crippen molar-refractivity contribution in [1.82, 2.24) is 24.7 Å². The lowest BCUT2D eigenvalue weighted by Gasteiger charge is -2.19. The minimum atomic E-state index is 0.535. The molecular formula is C16H16ClN5S2. The van der Waals surface area contributed by atoms with Gasteiger partial charge >= 0.3 is 0 Å². The quantitative estimate of drug-likeness (QED) is 0.458. The molecule has 24 heavy (non-hydrogen) atoms. The van der Waals surface area contributed by atoms with Crippen LogP contribution >= 0.6 is 35.2 Å². The van der Waals surface area contributed by atoms with E-state index in [0.717, 1.165) is 23.1 Å². The summed E-state index contributed by atoms with van der Waals surface area (Å²) in [6, 6.07) is 13.7. The van der Waals surface area contributed by atoms with Gasteiger partial charge in [0.05, 0.1) is 16.7 Å². The van der Waals surface area contributed by atoms with E-state index in [4.69, 9.17) is 23.8 Å². The molecule has 3 aromatic rings. The molecule has 0 atom stereocenters. The first kappa shape index (κ1) is 17.0. The van der Waals surface area contributed by atoms with Crippen LogP contribution in [0, 0.1) is 4.77 Å². The van der Waals surface area contributed by atoms with E-state index in [-0.39, 0.29) is 0 Å². The van der Waals surface area contributed by atoms with Gasteiger partial charge in [0.2, 0.25) is 4.77 Å². The van der Waals surface area contributed by atoms with Crippen LogP contribution in [0.4, 0.5) is 0 Å². The van der Waals surface area contributed by atoms with Gasteiger partial charge in [-0.25, -0.2) is 4.68 Å². The predicted molar refractivity (Wildman–Crippen MR) is 100 cm³/mol. The second-order valence-corrected chi connectivity index (χ2v) is 7.32. The molecule has 0 saturated heterocycles. The summed E-state index contributed by atoms with van der Waals surface area (Å²) in [5.41, 5.74) is 0.897. The van der Waals surface area contributed by atoms with Crippen molar-refractivity contribution in [1.29, 1.82) is 0 Å². The lowest BCUT2D eigenvalue weighted by molar-refractivity contribution is 0.218. The van der Waals surface area contributed by atoms with Crippen LogP contribution in [0.2, 0.25) is 4.34 Å². The summed E-state index contributed by atoms with van der Waals surface area (Å²) >= 11 is 13.1. The Morgan fingerprint density at radius 1 is 1.21 bits per heavy atom. The van der Waals surface area contributed by atoms with Crippen LogP contribution in [-0.4, -0.2) is 31.2 Å². The number of hydrogen-bond acceptors (Lipinski definition) is 5. The average Bonchev–Trinajstić information content (AvgIpc) is 3.15. The van der Waals surface area contributed by atoms with Crippen molar-refractivity contribution in [3.05, 3.63) is 69.1 Å². The molecule has 2 heterocycles. The summed E-state index contributed by atoms with van der Waals surface area (Å²) in [5.74, 6) is 0. The van der Waals surface area contributed by atoms with Gasteiger partial charge in [-0.2, -0.15) is 4.68 Å². The number of halogens is 1. The highest BCUT2D eigenvalue weighted by atomic mass is 35.5. The van der Waals surface area contributed by atoms with Crippen molar-refractivity contribution in [2.45, 2.75) is 13.2 Å². The van der Waals surface area contributed by atoms with E-state index >= 15 is 0 Å². The van der Waals surface area contributed by atoms with E-state index in [0.29, 0.717) is 11.4 Å². The maximum Gasteiger partial charge on any atom is 0.221 e. The molecule has 5 nitrogen and oxygen atoms in total. The molecule has 2 aromatic heterocycles. The molecule has 8 heteroatoms. The van der Waals surface area contributed by atoms with Gasteiger partial charge in [0.1, 0.15) is 0 Å². The summed E-state index contributed by atoms with van der Waals surface area (Å²) in [4.78, 5) is 3.36. The molecule has 0 N–H and O–H groups in total. The topological polar surface area (TPSA) is 38.9 Å². The minimum absolute atomic E-state index is 0.535. The van der Waals surface area contributed by atoms with Gasteiger partial charge in [0.15, 0.2) is 0 Å². The summed E-state index contributed by atoms with van der Waals surface area (Å²) in [6.07, 6.45) is 1.86. The molecule has 3 rings (SSSR count). The van der Waals surface area contributed by atoms with Crippen LogP contribution in [0.15, 0.2) is 55.1 Å². The van der Waals surface area contributed by atoms with Crippen LogP contribution in [0.1, 0.15) is 4.88 Å². The van der Waals surface area contributed by atoms with Gasteiger partial charge < -0.3 is 0 Å². The lowest BCUT2D eigenvalue weighted by Crippen LogP contribution is -2.26. The fourth-order valence-electron chi connectivity index (χ4n) is 2.30. The zero-order valence-electron chi connectivity index (χ0n) is 12.9. The predicted octanol–water partition coefficient (Wildman–Crippen LogP) is 4.16. The second-order valence-electron chi connectivity index (χ2n) is 5.16. The number of thiophene rings is 1. The highest BCUT2D eigenvalue weighted by Gasteiger charge is 2.11. The van der Waals surface area contributed by atoms with Crippen molar-refractivity contribution in [2.75, 3.05) is 6.54 Å².